The Morgan fingerprint density at radius 3 is 2.26 bits per heavy atom. The van der Waals surface area contributed by atoms with E-state index in [2.05, 4.69) is 9.88 Å². The topological polar surface area (TPSA) is 95.1 Å². The van der Waals surface area contributed by atoms with Crippen molar-refractivity contribution in [3.05, 3.63) is 89.1 Å². The van der Waals surface area contributed by atoms with Gasteiger partial charge in [0.1, 0.15) is 11.5 Å². The van der Waals surface area contributed by atoms with Gasteiger partial charge in [-0.05, 0) is 54.4 Å². The smallest absolute Gasteiger partial charge is 0.243 e. The summed E-state index contributed by atoms with van der Waals surface area (Å²) in [5.41, 5.74) is 4.65. The van der Waals surface area contributed by atoms with Crippen LogP contribution >= 0.6 is 0 Å². The van der Waals surface area contributed by atoms with E-state index in [1.54, 1.807) is 30.7 Å². The largest absolute Gasteiger partial charge is 0.497 e. The van der Waals surface area contributed by atoms with Gasteiger partial charge in [-0.25, -0.2) is 8.42 Å². The van der Waals surface area contributed by atoms with Crippen molar-refractivity contribution in [3.63, 3.8) is 0 Å². The number of aromatic nitrogens is 1. The van der Waals surface area contributed by atoms with Gasteiger partial charge in [0.05, 0.1) is 31.8 Å². The fourth-order valence-corrected chi connectivity index (χ4v) is 7.77. The van der Waals surface area contributed by atoms with Crippen LogP contribution in [0.1, 0.15) is 28.4 Å². The fourth-order valence-electron chi connectivity index (χ4n) is 6.16. The van der Waals surface area contributed by atoms with Gasteiger partial charge in [0, 0.05) is 54.3 Å². The molecule has 0 amide bonds. The lowest BCUT2D eigenvalue weighted by atomic mass is 9.70. The van der Waals surface area contributed by atoms with Crippen LogP contribution in [0.25, 0.3) is 10.9 Å². The normalized spacial score (nSPS) is 19.1. The number of nitrogens with one attached hydrogen (secondary N) is 1. The number of H-pyrrole nitrogens is 1. The number of hydrogen-bond acceptors (Lipinski definition) is 6. The number of hydrogen-bond donors (Lipinski definition) is 2. The average Bonchev–Trinajstić information content (AvgIpc) is 3.30. The van der Waals surface area contributed by atoms with Gasteiger partial charge in [-0.1, -0.05) is 29.8 Å². The van der Waals surface area contributed by atoms with Gasteiger partial charge in [-0.2, -0.15) is 4.31 Å². The van der Waals surface area contributed by atoms with Crippen LogP contribution in [0.5, 0.6) is 11.5 Å². The molecule has 0 radical (unpaired) electrons. The predicted molar refractivity (Wildman–Crippen MR) is 150 cm³/mol. The number of sulfonamides is 1. The van der Waals surface area contributed by atoms with E-state index >= 15 is 0 Å². The highest BCUT2D eigenvalue weighted by Gasteiger charge is 2.55. The van der Waals surface area contributed by atoms with Crippen molar-refractivity contribution in [2.45, 2.75) is 29.8 Å². The zero-order chi connectivity index (χ0) is 27.4. The Morgan fingerprint density at radius 1 is 0.949 bits per heavy atom. The molecule has 0 aliphatic carbocycles. The third-order valence-electron chi connectivity index (χ3n) is 8.18. The van der Waals surface area contributed by atoms with Gasteiger partial charge < -0.3 is 19.6 Å². The van der Waals surface area contributed by atoms with Crippen molar-refractivity contribution >= 4 is 20.9 Å². The van der Waals surface area contributed by atoms with Crippen LogP contribution in [0.15, 0.2) is 71.6 Å². The minimum Gasteiger partial charge on any atom is -0.497 e. The molecule has 3 heterocycles. The van der Waals surface area contributed by atoms with E-state index in [0.717, 1.165) is 44.8 Å². The molecular formula is C30H33N3O5S. The number of fused-ring (bicyclic) bond motifs is 4. The molecule has 1 atom stereocenters. The van der Waals surface area contributed by atoms with Crippen molar-refractivity contribution < 1.29 is 23.0 Å². The summed E-state index contributed by atoms with van der Waals surface area (Å²) in [5.74, 6) is 1.53. The highest BCUT2D eigenvalue weighted by atomic mass is 32.2. The lowest BCUT2D eigenvalue weighted by molar-refractivity contribution is 0.0257. The summed E-state index contributed by atoms with van der Waals surface area (Å²) in [6.45, 7) is 3.85. The minimum atomic E-state index is -3.63. The summed E-state index contributed by atoms with van der Waals surface area (Å²) in [6, 6.07) is 20.6. The number of ether oxygens (including phenoxy) is 2. The summed E-state index contributed by atoms with van der Waals surface area (Å²) in [7, 11) is -0.345. The van der Waals surface area contributed by atoms with Crippen LogP contribution in [0.4, 0.5) is 0 Å². The van der Waals surface area contributed by atoms with E-state index in [1.165, 1.54) is 0 Å². The first-order valence-corrected chi connectivity index (χ1v) is 14.5. The van der Waals surface area contributed by atoms with Crippen LogP contribution in [0.2, 0.25) is 0 Å². The molecule has 39 heavy (non-hydrogen) atoms. The summed E-state index contributed by atoms with van der Waals surface area (Å²) in [6.07, 6.45) is 0. The Balaban J connectivity index is 1.40. The molecule has 9 heteroatoms. The molecule has 0 unspecified atom stereocenters. The molecular weight excluding hydrogens is 514 g/mol. The lowest BCUT2D eigenvalue weighted by Gasteiger charge is -2.55. The molecule has 1 fully saturated rings. The predicted octanol–water partition coefficient (Wildman–Crippen LogP) is 3.99. The third kappa shape index (κ3) is 4.30. The number of aromatic amines is 1. The standard InChI is InChI=1S/C30H33N3O5S/c1-20-4-11-24(12-5-20)39(35,36)33-18-30(19-33)17-32(15-21-6-8-22(37-2)9-7-21)27(16-34)29-28(30)25-13-10-23(38-3)14-26(25)31-29/h4-14,27,31,34H,15-19H2,1-3H3/t27-/m1/s1. The van der Waals surface area contributed by atoms with Crippen molar-refractivity contribution in [2.24, 2.45) is 0 Å². The molecule has 1 spiro atoms. The second kappa shape index (κ2) is 9.67. The number of aliphatic hydroxyl groups excluding tert-OH is 1. The van der Waals surface area contributed by atoms with Crippen LogP contribution in [-0.2, 0) is 22.0 Å². The molecule has 2 aliphatic heterocycles. The van der Waals surface area contributed by atoms with Crippen LogP contribution in [0.3, 0.4) is 0 Å². The molecule has 8 nitrogen and oxygen atoms in total. The Bertz CT molecular complexity index is 1610. The molecule has 2 N–H and O–H groups in total. The van der Waals surface area contributed by atoms with Gasteiger partial charge in [-0.3, -0.25) is 4.90 Å². The summed E-state index contributed by atoms with van der Waals surface area (Å²) in [4.78, 5) is 6.14. The second-order valence-electron chi connectivity index (χ2n) is 10.6. The highest BCUT2D eigenvalue weighted by molar-refractivity contribution is 7.89. The van der Waals surface area contributed by atoms with Crippen LogP contribution in [-0.4, -0.2) is 68.2 Å². The molecule has 204 valence electrons. The minimum absolute atomic E-state index is 0.0609. The van der Waals surface area contributed by atoms with E-state index in [0.29, 0.717) is 31.1 Å². The lowest BCUT2D eigenvalue weighted by Crippen LogP contribution is -2.67. The first-order valence-electron chi connectivity index (χ1n) is 13.0. The maximum absolute atomic E-state index is 13.5. The van der Waals surface area contributed by atoms with E-state index < -0.39 is 15.4 Å². The molecule has 6 rings (SSSR count). The SMILES string of the molecule is COc1ccc(CN2CC3(CN(S(=O)(=O)c4ccc(C)cc4)C3)c3c([nH]c4cc(OC)ccc34)[C@H]2CO)cc1. The van der Waals surface area contributed by atoms with Crippen molar-refractivity contribution in [3.8, 4) is 11.5 Å². The fraction of sp³-hybridized carbons (Fsp3) is 0.333. The van der Waals surface area contributed by atoms with Crippen molar-refractivity contribution in [1.82, 2.24) is 14.2 Å². The molecule has 4 aromatic rings. The monoisotopic (exact) mass is 547 g/mol. The zero-order valence-electron chi connectivity index (χ0n) is 22.3. The van der Waals surface area contributed by atoms with Crippen LogP contribution < -0.4 is 9.47 Å². The quantitative estimate of drug-likeness (QED) is 0.364. The summed E-state index contributed by atoms with van der Waals surface area (Å²) in [5, 5.41) is 11.6. The maximum atomic E-state index is 13.5. The second-order valence-corrected chi connectivity index (χ2v) is 12.6. The van der Waals surface area contributed by atoms with Crippen molar-refractivity contribution in [1.29, 1.82) is 0 Å². The van der Waals surface area contributed by atoms with Crippen LogP contribution in [0, 0.1) is 6.92 Å². The molecule has 1 saturated heterocycles. The van der Waals surface area contributed by atoms with E-state index in [1.807, 2.05) is 61.5 Å². The van der Waals surface area contributed by atoms with Gasteiger partial charge >= 0.3 is 0 Å². The highest BCUT2D eigenvalue weighted by Crippen LogP contribution is 2.50. The first kappa shape index (κ1) is 25.9. The molecule has 0 saturated carbocycles. The molecule has 3 aromatic carbocycles. The Kier molecular flexibility index (Phi) is 6.42. The number of aliphatic hydroxyl groups is 1. The Morgan fingerprint density at radius 2 is 1.62 bits per heavy atom. The summed E-state index contributed by atoms with van der Waals surface area (Å²) >= 11 is 0. The Labute approximate surface area is 228 Å². The first-order chi connectivity index (χ1) is 18.8. The number of aryl methyl sites for hydroxylation is 1. The Hall–Kier alpha value is -3.37. The molecule has 2 aliphatic rings. The summed E-state index contributed by atoms with van der Waals surface area (Å²) < 4.78 is 39.4. The van der Waals surface area contributed by atoms with E-state index in [4.69, 9.17) is 9.47 Å². The van der Waals surface area contributed by atoms with Gasteiger partial charge in [0.15, 0.2) is 0 Å². The molecule has 1 aromatic heterocycles. The number of benzene rings is 3. The number of rotatable bonds is 7. The maximum Gasteiger partial charge on any atom is 0.243 e. The molecule has 0 bridgehead atoms. The number of nitrogens with zero attached hydrogens (tertiary/aromatic N) is 2. The van der Waals surface area contributed by atoms with Gasteiger partial charge in [-0.15, -0.1) is 0 Å². The van der Waals surface area contributed by atoms with Gasteiger partial charge in [0.25, 0.3) is 0 Å². The number of methoxy groups -OCH3 is 2. The van der Waals surface area contributed by atoms with Crippen molar-refractivity contribution in [2.75, 3.05) is 40.5 Å². The average molecular weight is 548 g/mol. The van der Waals surface area contributed by atoms with E-state index in [-0.39, 0.29) is 12.6 Å². The van der Waals surface area contributed by atoms with E-state index in [9.17, 15) is 13.5 Å². The third-order valence-corrected chi connectivity index (χ3v) is 9.99. The zero-order valence-corrected chi connectivity index (χ0v) is 23.2. The van der Waals surface area contributed by atoms with Gasteiger partial charge in [0.2, 0.25) is 10.0 Å².